The molecule has 0 radical (unpaired) electrons. The number of fused-ring (bicyclic) bond motifs is 1. The van der Waals surface area contributed by atoms with Gasteiger partial charge in [0.2, 0.25) is 0 Å². The number of pyridine rings is 1. The highest BCUT2D eigenvalue weighted by atomic mass is 16.5. The van der Waals surface area contributed by atoms with Gasteiger partial charge in [0.25, 0.3) is 0 Å². The lowest BCUT2D eigenvalue weighted by Gasteiger charge is -2.37. The molecule has 0 aliphatic carbocycles. The molecule has 7 heteroatoms. The van der Waals surface area contributed by atoms with E-state index in [4.69, 9.17) is 4.74 Å². The molecular weight excluding hydrogens is 318 g/mol. The molecule has 2 aromatic rings. The Hall–Kier alpha value is -2.15. The van der Waals surface area contributed by atoms with Crippen molar-refractivity contribution in [2.45, 2.75) is 52.4 Å². The number of morpholine rings is 1. The van der Waals surface area contributed by atoms with E-state index in [1.165, 1.54) is 0 Å². The Morgan fingerprint density at radius 1 is 1.36 bits per heavy atom. The fourth-order valence-corrected chi connectivity index (χ4v) is 3.26. The van der Waals surface area contributed by atoms with E-state index in [0.717, 1.165) is 17.9 Å². The number of aromatic nitrogens is 3. The molecule has 2 amide bonds. The number of hydrogen-bond donors (Lipinski definition) is 1. The maximum Gasteiger partial charge on any atom is 0.318 e. The Morgan fingerprint density at radius 2 is 2.16 bits per heavy atom. The molecule has 1 aliphatic rings. The van der Waals surface area contributed by atoms with E-state index < -0.39 is 0 Å². The van der Waals surface area contributed by atoms with Crippen molar-refractivity contribution in [2.24, 2.45) is 5.92 Å². The Bertz CT molecular complexity index is 729. The quantitative estimate of drug-likeness (QED) is 0.925. The fraction of sp³-hybridized carbons (Fsp3) is 0.611. The molecule has 25 heavy (non-hydrogen) atoms. The number of rotatable bonds is 4. The number of ether oxygens (including phenoxy) is 1. The molecule has 1 aliphatic heterocycles. The Labute approximate surface area is 148 Å². The summed E-state index contributed by atoms with van der Waals surface area (Å²) in [5.41, 5.74) is 0.781. The van der Waals surface area contributed by atoms with E-state index in [2.05, 4.69) is 36.3 Å². The molecule has 0 aromatic carbocycles. The molecule has 3 heterocycles. The van der Waals surface area contributed by atoms with E-state index in [-0.39, 0.29) is 30.2 Å². The van der Waals surface area contributed by atoms with Crippen molar-refractivity contribution in [3.05, 3.63) is 30.2 Å². The molecule has 0 unspecified atom stereocenters. The highest BCUT2D eigenvalue weighted by Gasteiger charge is 2.30. The van der Waals surface area contributed by atoms with Crippen molar-refractivity contribution >= 4 is 11.7 Å². The number of carbonyl (C=O) groups is 1. The van der Waals surface area contributed by atoms with Crippen LogP contribution >= 0.6 is 0 Å². The maximum atomic E-state index is 12.9. The van der Waals surface area contributed by atoms with Crippen LogP contribution in [0.4, 0.5) is 4.79 Å². The third-order valence-corrected chi connectivity index (χ3v) is 4.63. The lowest BCUT2D eigenvalue weighted by atomic mass is 10.0. The molecule has 1 N–H and O–H groups in total. The molecule has 0 spiro atoms. The summed E-state index contributed by atoms with van der Waals surface area (Å²) in [7, 11) is 0. The van der Waals surface area contributed by atoms with Crippen LogP contribution in [0.2, 0.25) is 0 Å². The van der Waals surface area contributed by atoms with Gasteiger partial charge in [0.15, 0.2) is 11.5 Å². The third-order valence-electron chi connectivity index (χ3n) is 4.63. The van der Waals surface area contributed by atoms with Gasteiger partial charge < -0.3 is 15.0 Å². The molecule has 3 rings (SSSR count). The first-order chi connectivity index (χ1) is 12.0. The topological polar surface area (TPSA) is 71.8 Å². The highest BCUT2D eigenvalue weighted by Crippen LogP contribution is 2.22. The smallest absolute Gasteiger partial charge is 0.318 e. The van der Waals surface area contributed by atoms with Gasteiger partial charge in [0.1, 0.15) is 0 Å². The third kappa shape index (κ3) is 3.76. The summed E-state index contributed by atoms with van der Waals surface area (Å²) in [4.78, 5) is 14.7. The minimum atomic E-state index is -0.205. The van der Waals surface area contributed by atoms with Crippen molar-refractivity contribution in [1.82, 2.24) is 24.8 Å². The summed E-state index contributed by atoms with van der Waals surface area (Å²) in [5, 5.41) is 11.7. The summed E-state index contributed by atoms with van der Waals surface area (Å²) in [5.74, 6) is 0.948. The van der Waals surface area contributed by atoms with Crippen LogP contribution in [-0.2, 0) is 4.74 Å². The van der Waals surface area contributed by atoms with Crippen LogP contribution in [0.1, 0.15) is 46.0 Å². The average molecular weight is 345 g/mol. The molecule has 1 saturated heterocycles. The van der Waals surface area contributed by atoms with Crippen LogP contribution in [-0.4, -0.2) is 50.8 Å². The van der Waals surface area contributed by atoms with E-state index >= 15 is 0 Å². The average Bonchev–Trinajstić information content (AvgIpc) is 3.02. The molecule has 0 bridgehead atoms. The van der Waals surface area contributed by atoms with Gasteiger partial charge in [0, 0.05) is 19.3 Å². The first-order valence-corrected chi connectivity index (χ1v) is 9.00. The number of urea groups is 1. The van der Waals surface area contributed by atoms with Crippen LogP contribution in [0.25, 0.3) is 5.65 Å². The number of nitrogens with zero attached hydrogens (tertiary/aromatic N) is 4. The van der Waals surface area contributed by atoms with Crippen molar-refractivity contribution in [3.8, 4) is 0 Å². The van der Waals surface area contributed by atoms with Crippen molar-refractivity contribution in [3.63, 3.8) is 0 Å². The monoisotopic (exact) mass is 345 g/mol. The maximum absolute atomic E-state index is 12.9. The lowest BCUT2D eigenvalue weighted by molar-refractivity contribution is -0.0649. The Kier molecular flexibility index (Phi) is 5.22. The van der Waals surface area contributed by atoms with E-state index in [9.17, 15) is 4.79 Å². The van der Waals surface area contributed by atoms with Gasteiger partial charge in [-0.2, -0.15) is 0 Å². The van der Waals surface area contributed by atoms with E-state index in [1.807, 2.05) is 40.6 Å². The zero-order valence-corrected chi connectivity index (χ0v) is 15.3. The second kappa shape index (κ2) is 7.39. The molecule has 136 valence electrons. The first kappa shape index (κ1) is 17.7. The molecule has 7 nitrogen and oxygen atoms in total. The largest absolute Gasteiger partial charge is 0.372 e. The second-order valence-corrected chi connectivity index (χ2v) is 7.04. The minimum absolute atomic E-state index is 0.0517. The summed E-state index contributed by atoms with van der Waals surface area (Å²) < 4.78 is 7.78. The zero-order valence-electron chi connectivity index (χ0n) is 15.3. The van der Waals surface area contributed by atoms with E-state index in [0.29, 0.717) is 13.1 Å². The van der Waals surface area contributed by atoms with Gasteiger partial charge in [0.05, 0.1) is 18.2 Å². The van der Waals surface area contributed by atoms with Crippen LogP contribution in [0.5, 0.6) is 0 Å². The van der Waals surface area contributed by atoms with Crippen molar-refractivity contribution < 1.29 is 9.53 Å². The standard InChI is InChI=1S/C18H27N5O2/c1-5-14-11-22(10-13(4)25-14)18(24)19-16(12(2)3)17-21-20-15-8-6-7-9-23(15)17/h6-9,12-14,16H,5,10-11H2,1-4H3,(H,19,24)/t13-,14+,16+/m0/s1. The van der Waals surface area contributed by atoms with Crippen molar-refractivity contribution in [1.29, 1.82) is 0 Å². The normalized spacial score (nSPS) is 22.4. The SMILES string of the molecule is CC[C@@H]1CN(C(=O)N[C@@H](c2nnc3ccccn23)C(C)C)C[C@H](C)O1. The summed E-state index contributed by atoms with van der Waals surface area (Å²) in [6, 6.07) is 5.50. The van der Waals surface area contributed by atoms with Gasteiger partial charge in [-0.1, -0.05) is 26.8 Å². The van der Waals surface area contributed by atoms with Gasteiger partial charge in [-0.25, -0.2) is 4.79 Å². The molecule has 2 aromatic heterocycles. The van der Waals surface area contributed by atoms with Crippen LogP contribution in [0.3, 0.4) is 0 Å². The Morgan fingerprint density at radius 3 is 2.88 bits per heavy atom. The zero-order chi connectivity index (χ0) is 18.0. The number of carbonyl (C=O) groups excluding carboxylic acids is 1. The predicted molar refractivity (Wildman–Crippen MR) is 95.3 cm³/mol. The summed E-state index contributed by atoms with van der Waals surface area (Å²) in [6.45, 7) is 9.47. The van der Waals surface area contributed by atoms with Crippen LogP contribution in [0.15, 0.2) is 24.4 Å². The summed E-state index contributed by atoms with van der Waals surface area (Å²) in [6.07, 6.45) is 2.98. The molecule has 3 atom stereocenters. The van der Waals surface area contributed by atoms with Gasteiger partial charge in [-0.05, 0) is 31.4 Å². The fourth-order valence-electron chi connectivity index (χ4n) is 3.26. The molecular formula is C18H27N5O2. The van der Waals surface area contributed by atoms with Crippen LogP contribution < -0.4 is 5.32 Å². The predicted octanol–water partition coefficient (Wildman–Crippen LogP) is 2.64. The molecule has 0 saturated carbocycles. The van der Waals surface area contributed by atoms with Crippen LogP contribution in [0, 0.1) is 5.92 Å². The first-order valence-electron chi connectivity index (χ1n) is 9.00. The summed E-state index contributed by atoms with van der Waals surface area (Å²) >= 11 is 0. The second-order valence-electron chi connectivity index (χ2n) is 7.04. The van der Waals surface area contributed by atoms with Gasteiger partial charge in [-0.3, -0.25) is 4.40 Å². The van der Waals surface area contributed by atoms with Gasteiger partial charge >= 0.3 is 6.03 Å². The lowest BCUT2D eigenvalue weighted by Crippen LogP contribution is -2.53. The number of hydrogen-bond acceptors (Lipinski definition) is 4. The minimum Gasteiger partial charge on any atom is -0.372 e. The molecule has 1 fully saturated rings. The van der Waals surface area contributed by atoms with Gasteiger partial charge in [-0.15, -0.1) is 10.2 Å². The number of nitrogens with one attached hydrogen (secondary N) is 1. The van der Waals surface area contributed by atoms with E-state index in [1.54, 1.807) is 0 Å². The highest BCUT2D eigenvalue weighted by molar-refractivity contribution is 5.75. The Balaban J connectivity index is 1.79. The number of amides is 2. The van der Waals surface area contributed by atoms with Crippen molar-refractivity contribution in [2.75, 3.05) is 13.1 Å².